The van der Waals surface area contributed by atoms with E-state index in [4.69, 9.17) is 4.74 Å². The summed E-state index contributed by atoms with van der Waals surface area (Å²) in [7, 11) is 1.33. The van der Waals surface area contributed by atoms with Gasteiger partial charge in [0.25, 0.3) is 5.91 Å². The minimum atomic E-state index is -0.749. The highest BCUT2D eigenvalue weighted by Gasteiger charge is 2.23. The molecular formula is C23H20INO3S. The van der Waals surface area contributed by atoms with Gasteiger partial charge in [-0.15, -0.1) is 11.8 Å². The number of ether oxygens (including phenoxy) is 1. The average molecular weight is 517 g/mol. The van der Waals surface area contributed by atoms with Crippen molar-refractivity contribution in [1.82, 2.24) is 5.32 Å². The summed E-state index contributed by atoms with van der Waals surface area (Å²) in [5.74, 6) is -0.396. The Bertz CT molecular complexity index is 994. The Kier molecular flexibility index (Phi) is 7.71. The van der Waals surface area contributed by atoms with Crippen LogP contribution in [0.15, 0.2) is 83.8 Å². The summed E-state index contributed by atoms with van der Waals surface area (Å²) >= 11 is 3.84. The molecule has 6 heteroatoms. The molecule has 0 saturated heterocycles. The molecule has 0 fully saturated rings. The average Bonchev–Trinajstić information content (AvgIpc) is 2.77. The van der Waals surface area contributed by atoms with Crippen LogP contribution in [0.3, 0.4) is 0 Å². The van der Waals surface area contributed by atoms with Crippen LogP contribution < -0.4 is 5.32 Å². The van der Waals surface area contributed by atoms with E-state index in [1.54, 1.807) is 24.3 Å². The molecule has 0 aromatic heterocycles. The van der Waals surface area contributed by atoms with Crippen molar-refractivity contribution in [3.8, 4) is 11.1 Å². The Morgan fingerprint density at radius 1 is 0.931 bits per heavy atom. The van der Waals surface area contributed by atoms with E-state index in [0.717, 1.165) is 19.6 Å². The van der Waals surface area contributed by atoms with Crippen molar-refractivity contribution in [3.05, 3.63) is 88.0 Å². The summed E-state index contributed by atoms with van der Waals surface area (Å²) in [6, 6.07) is 24.3. The molecule has 148 valence electrons. The third kappa shape index (κ3) is 5.61. The number of carbonyl (C=O) groups excluding carboxylic acids is 2. The lowest BCUT2D eigenvalue weighted by atomic mass is 10.1. The van der Waals surface area contributed by atoms with Gasteiger partial charge < -0.3 is 10.1 Å². The van der Waals surface area contributed by atoms with Gasteiger partial charge in [-0.2, -0.15) is 0 Å². The number of halogens is 1. The minimum absolute atomic E-state index is 0.299. The molecule has 0 aliphatic heterocycles. The third-order valence-electron chi connectivity index (χ3n) is 4.28. The van der Waals surface area contributed by atoms with Crippen molar-refractivity contribution < 1.29 is 14.3 Å². The molecule has 0 unspecified atom stereocenters. The molecule has 0 spiro atoms. The molecule has 4 nitrogen and oxygen atoms in total. The van der Waals surface area contributed by atoms with Gasteiger partial charge in [-0.3, -0.25) is 4.79 Å². The lowest BCUT2D eigenvalue weighted by Gasteiger charge is -2.17. The lowest BCUT2D eigenvalue weighted by molar-refractivity contribution is -0.142. The molecule has 3 aromatic carbocycles. The quantitative estimate of drug-likeness (QED) is 0.272. The third-order valence-corrected chi connectivity index (χ3v) is 6.39. The van der Waals surface area contributed by atoms with E-state index in [1.165, 1.54) is 18.9 Å². The maximum atomic E-state index is 12.5. The predicted molar refractivity (Wildman–Crippen MR) is 125 cm³/mol. The van der Waals surface area contributed by atoms with Crippen molar-refractivity contribution in [1.29, 1.82) is 0 Å². The van der Waals surface area contributed by atoms with Crippen LogP contribution >= 0.6 is 34.4 Å². The van der Waals surface area contributed by atoms with Crippen molar-refractivity contribution in [2.24, 2.45) is 0 Å². The fraction of sp³-hybridized carbons (Fsp3) is 0.130. The number of esters is 1. The first-order valence-electron chi connectivity index (χ1n) is 9.00. The number of methoxy groups -OCH3 is 1. The van der Waals surface area contributed by atoms with Crippen LogP contribution in [0.5, 0.6) is 0 Å². The SMILES string of the molecule is COC(=O)[C@H](CSc1ccccc1-c1ccccc1I)NC(=O)c1ccccc1. The van der Waals surface area contributed by atoms with Crippen molar-refractivity contribution in [2.75, 3.05) is 12.9 Å². The van der Waals surface area contributed by atoms with E-state index in [0.29, 0.717) is 11.3 Å². The zero-order chi connectivity index (χ0) is 20.6. The second-order valence-corrected chi connectivity index (χ2v) is 8.43. The van der Waals surface area contributed by atoms with Crippen LogP contribution in [-0.2, 0) is 9.53 Å². The minimum Gasteiger partial charge on any atom is -0.467 e. The highest BCUT2D eigenvalue weighted by atomic mass is 127. The van der Waals surface area contributed by atoms with Crippen molar-refractivity contribution in [3.63, 3.8) is 0 Å². The summed E-state index contributed by atoms with van der Waals surface area (Å²) in [6.07, 6.45) is 0. The number of amides is 1. The molecule has 0 aliphatic rings. The predicted octanol–water partition coefficient (Wildman–Crippen LogP) is 5.02. The van der Waals surface area contributed by atoms with Crippen molar-refractivity contribution >= 4 is 46.2 Å². The Hall–Kier alpha value is -2.32. The molecule has 1 N–H and O–H groups in total. The van der Waals surface area contributed by atoms with Crippen LogP contribution in [0.1, 0.15) is 10.4 Å². The monoisotopic (exact) mass is 517 g/mol. The van der Waals surface area contributed by atoms with Crippen LogP contribution in [0.25, 0.3) is 11.1 Å². The van der Waals surface area contributed by atoms with Crippen LogP contribution in [0.2, 0.25) is 0 Å². The van der Waals surface area contributed by atoms with E-state index in [1.807, 2.05) is 36.4 Å². The molecular weight excluding hydrogens is 497 g/mol. The van der Waals surface area contributed by atoms with E-state index in [2.05, 4.69) is 46.1 Å². The number of benzene rings is 3. The maximum Gasteiger partial charge on any atom is 0.329 e. The summed E-state index contributed by atoms with van der Waals surface area (Å²) in [5.41, 5.74) is 2.74. The molecule has 0 aliphatic carbocycles. The van der Waals surface area contributed by atoms with Gasteiger partial charge in [0.1, 0.15) is 6.04 Å². The zero-order valence-corrected chi connectivity index (χ0v) is 18.8. The number of hydrogen-bond donors (Lipinski definition) is 1. The standard InChI is InChI=1S/C23H20INO3S/c1-28-23(27)20(25-22(26)16-9-3-2-4-10-16)15-29-21-14-8-6-12-18(21)17-11-5-7-13-19(17)24/h2-14,20H,15H2,1H3,(H,25,26)/t20-/m0/s1. The number of hydrogen-bond acceptors (Lipinski definition) is 4. The zero-order valence-electron chi connectivity index (χ0n) is 15.8. The lowest BCUT2D eigenvalue weighted by Crippen LogP contribution is -2.43. The van der Waals surface area contributed by atoms with Gasteiger partial charge in [0.2, 0.25) is 0 Å². The number of rotatable bonds is 7. The molecule has 1 amide bonds. The molecule has 29 heavy (non-hydrogen) atoms. The van der Waals surface area contributed by atoms with Gasteiger partial charge in [-0.05, 0) is 58.0 Å². The topological polar surface area (TPSA) is 55.4 Å². The number of nitrogens with one attached hydrogen (secondary N) is 1. The number of thioether (sulfide) groups is 1. The van der Waals surface area contributed by atoms with Gasteiger partial charge in [0.05, 0.1) is 7.11 Å². The van der Waals surface area contributed by atoms with Gasteiger partial charge in [0, 0.05) is 19.8 Å². The number of carbonyl (C=O) groups is 2. The van der Waals surface area contributed by atoms with E-state index >= 15 is 0 Å². The molecule has 0 radical (unpaired) electrons. The molecule has 0 bridgehead atoms. The summed E-state index contributed by atoms with van der Waals surface area (Å²) in [4.78, 5) is 25.8. The normalized spacial score (nSPS) is 11.5. The van der Waals surface area contributed by atoms with E-state index in [-0.39, 0.29) is 5.91 Å². The Morgan fingerprint density at radius 2 is 1.55 bits per heavy atom. The first-order chi connectivity index (χ1) is 14.1. The van der Waals surface area contributed by atoms with Crippen LogP contribution in [0.4, 0.5) is 0 Å². The highest BCUT2D eigenvalue weighted by molar-refractivity contribution is 14.1. The summed E-state index contributed by atoms with van der Waals surface area (Å²) in [5, 5.41) is 2.79. The van der Waals surface area contributed by atoms with Crippen LogP contribution in [-0.4, -0.2) is 30.8 Å². The first-order valence-corrected chi connectivity index (χ1v) is 11.1. The Morgan fingerprint density at radius 3 is 2.24 bits per heavy atom. The smallest absolute Gasteiger partial charge is 0.329 e. The summed E-state index contributed by atoms with van der Waals surface area (Å²) < 4.78 is 6.06. The van der Waals surface area contributed by atoms with Gasteiger partial charge in [-0.25, -0.2) is 4.79 Å². The molecule has 0 saturated carbocycles. The molecule has 3 aromatic rings. The second-order valence-electron chi connectivity index (χ2n) is 6.20. The van der Waals surface area contributed by atoms with Gasteiger partial charge in [-0.1, -0.05) is 54.6 Å². The van der Waals surface area contributed by atoms with E-state index in [9.17, 15) is 9.59 Å². The molecule has 3 rings (SSSR count). The highest BCUT2D eigenvalue weighted by Crippen LogP contribution is 2.34. The van der Waals surface area contributed by atoms with Gasteiger partial charge in [0.15, 0.2) is 0 Å². The molecule has 1 atom stereocenters. The first kappa shape index (κ1) is 21.4. The Balaban J connectivity index is 1.78. The summed E-state index contributed by atoms with van der Waals surface area (Å²) in [6.45, 7) is 0. The maximum absolute atomic E-state index is 12.5. The fourth-order valence-corrected chi connectivity index (χ4v) is 4.56. The second kappa shape index (κ2) is 10.5. The van der Waals surface area contributed by atoms with Crippen LogP contribution in [0, 0.1) is 3.57 Å². The Labute approximate surface area is 188 Å². The fourth-order valence-electron chi connectivity index (χ4n) is 2.81. The van der Waals surface area contributed by atoms with Crippen molar-refractivity contribution in [2.45, 2.75) is 10.9 Å². The van der Waals surface area contributed by atoms with Gasteiger partial charge >= 0.3 is 5.97 Å². The largest absolute Gasteiger partial charge is 0.467 e. The molecule has 0 heterocycles. The van der Waals surface area contributed by atoms with E-state index < -0.39 is 12.0 Å².